The van der Waals surface area contributed by atoms with Crippen LogP contribution in [0.3, 0.4) is 0 Å². The molecule has 0 aliphatic carbocycles. The Kier molecular flexibility index (Phi) is 4.02. The van der Waals surface area contributed by atoms with E-state index in [9.17, 15) is 4.79 Å². The Morgan fingerprint density at radius 1 is 1.60 bits per heavy atom. The zero-order valence-corrected chi connectivity index (χ0v) is 9.06. The summed E-state index contributed by atoms with van der Waals surface area (Å²) in [5.74, 6) is 2.46. The maximum absolute atomic E-state index is 11.2. The molecule has 0 bridgehead atoms. The molecule has 0 unspecified atom stereocenters. The average molecular weight is 223 g/mol. The van der Waals surface area contributed by atoms with Crippen LogP contribution in [0.1, 0.15) is 12.5 Å². The van der Waals surface area contributed by atoms with Crippen molar-refractivity contribution in [3.63, 3.8) is 0 Å². The number of halogens is 1. The van der Waals surface area contributed by atoms with Crippen LogP contribution in [-0.2, 0) is 0 Å². The number of carbonyl (C=O) groups is 1. The number of rotatable bonds is 2. The van der Waals surface area contributed by atoms with Gasteiger partial charge in [0, 0.05) is 17.1 Å². The molecule has 3 nitrogen and oxygen atoms in total. The summed E-state index contributed by atoms with van der Waals surface area (Å²) in [6.45, 7) is 2.40. The summed E-state index contributed by atoms with van der Waals surface area (Å²) in [7, 11) is 0. The number of nitrogens with one attached hydrogen (secondary N) is 2. The van der Waals surface area contributed by atoms with E-state index in [-0.39, 0.29) is 6.03 Å². The van der Waals surface area contributed by atoms with Gasteiger partial charge in [-0.15, -0.1) is 6.42 Å². The van der Waals surface area contributed by atoms with Crippen LogP contribution in [0.4, 0.5) is 10.5 Å². The number of hydrogen-bond donors (Lipinski definition) is 2. The second kappa shape index (κ2) is 5.28. The predicted molar refractivity (Wildman–Crippen MR) is 62.1 cm³/mol. The highest BCUT2D eigenvalue weighted by molar-refractivity contribution is 6.30. The Morgan fingerprint density at radius 3 is 2.93 bits per heavy atom. The highest BCUT2D eigenvalue weighted by Crippen LogP contribution is 2.19. The first-order valence-corrected chi connectivity index (χ1v) is 4.86. The molecule has 0 aliphatic rings. The molecule has 1 rings (SSSR count). The van der Waals surface area contributed by atoms with E-state index < -0.39 is 0 Å². The molecule has 78 valence electrons. The molecule has 1 aromatic carbocycles. The van der Waals surface area contributed by atoms with E-state index in [1.54, 1.807) is 18.2 Å². The van der Waals surface area contributed by atoms with Crippen molar-refractivity contribution in [2.24, 2.45) is 0 Å². The predicted octanol–water partition coefficient (Wildman–Crippen LogP) is 2.46. The third-order valence-electron chi connectivity index (χ3n) is 1.72. The van der Waals surface area contributed by atoms with E-state index in [0.717, 1.165) is 0 Å². The lowest BCUT2D eigenvalue weighted by molar-refractivity contribution is 0.252. The van der Waals surface area contributed by atoms with Crippen LogP contribution in [0.2, 0.25) is 5.02 Å². The summed E-state index contributed by atoms with van der Waals surface area (Å²) in [6, 6.07) is 4.69. The first kappa shape index (κ1) is 11.4. The second-order valence-electron chi connectivity index (χ2n) is 2.82. The van der Waals surface area contributed by atoms with Crippen LogP contribution in [0.15, 0.2) is 18.2 Å². The number of terminal acetylenes is 1. The van der Waals surface area contributed by atoms with Gasteiger partial charge in [0.15, 0.2) is 0 Å². The largest absolute Gasteiger partial charge is 0.338 e. The lowest BCUT2D eigenvalue weighted by Crippen LogP contribution is -2.28. The molecule has 15 heavy (non-hydrogen) atoms. The Labute approximate surface area is 93.8 Å². The molecule has 0 atom stereocenters. The van der Waals surface area contributed by atoms with Gasteiger partial charge < -0.3 is 10.6 Å². The minimum Gasteiger partial charge on any atom is -0.338 e. The fourth-order valence-electron chi connectivity index (χ4n) is 1.07. The fraction of sp³-hybridized carbons (Fsp3) is 0.182. The molecule has 0 aliphatic heterocycles. The summed E-state index contributed by atoms with van der Waals surface area (Å²) in [4.78, 5) is 11.2. The Hall–Kier alpha value is -1.66. The van der Waals surface area contributed by atoms with Gasteiger partial charge in [0.25, 0.3) is 0 Å². The third kappa shape index (κ3) is 3.19. The molecule has 1 aromatic rings. The molecular formula is C11H11ClN2O. The summed E-state index contributed by atoms with van der Waals surface area (Å²) in [5.41, 5.74) is 1.14. The van der Waals surface area contributed by atoms with Crippen LogP contribution < -0.4 is 10.6 Å². The molecule has 0 radical (unpaired) electrons. The maximum atomic E-state index is 11.2. The van der Waals surface area contributed by atoms with Gasteiger partial charge >= 0.3 is 6.03 Å². The lowest BCUT2D eigenvalue weighted by Gasteiger charge is -2.08. The van der Waals surface area contributed by atoms with Gasteiger partial charge in [-0.1, -0.05) is 17.5 Å². The van der Waals surface area contributed by atoms with Crippen molar-refractivity contribution in [3.05, 3.63) is 28.8 Å². The summed E-state index contributed by atoms with van der Waals surface area (Å²) >= 11 is 5.77. The number of carbonyl (C=O) groups excluding carboxylic acids is 1. The van der Waals surface area contributed by atoms with Crippen LogP contribution in [0.25, 0.3) is 0 Å². The smallest absolute Gasteiger partial charge is 0.319 e. The van der Waals surface area contributed by atoms with Gasteiger partial charge in [-0.3, -0.25) is 0 Å². The van der Waals surface area contributed by atoms with Gasteiger partial charge in [-0.05, 0) is 25.1 Å². The van der Waals surface area contributed by atoms with E-state index in [2.05, 4.69) is 16.6 Å². The van der Waals surface area contributed by atoms with Crippen LogP contribution in [-0.4, -0.2) is 12.6 Å². The molecule has 2 N–H and O–H groups in total. The van der Waals surface area contributed by atoms with Crippen LogP contribution in [0.5, 0.6) is 0 Å². The summed E-state index contributed by atoms with van der Waals surface area (Å²) in [5, 5.41) is 5.79. The molecule has 0 fully saturated rings. The first-order valence-electron chi connectivity index (χ1n) is 4.48. The Morgan fingerprint density at radius 2 is 2.33 bits per heavy atom. The highest BCUT2D eigenvalue weighted by Gasteiger charge is 2.04. The van der Waals surface area contributed by atoms with E-state index in [1.165, 1.54) is 0 Å². The minimum atomic E-state index is -0.281. The molecule has 0 saturated heterocycles. The molecule has 0 aromatic heterocycles. The van der Waals surface area contributed by atoms with Crippen molar-refractivity contribution in [1.29, 1.82) is 0 Å². The lowest BCUT2D eigenvalue weighted by atomic mass is 10.2. The normalized spacial score (nSPS) is 9.13. The van der Waals surface area contributed by atoms with Gasteiger partial charge in [0.2, 0.25) is 0 Å². The molecule has 0 saturated carbocycles. The molecule has 2 amide bonds. The van der Waals surface area contributed by atoms with E-state index >= 15 is 0 Å². The molecule has 4 heteroatoms. The van der Waals surface area contributed by atoms with Gasteiger partial charge in [-0.2, -0.15) is 0 Å². The second-order valence-corrected chi connectivity index (χ2v) is 3.26. The number of benzene rings is 1. The van der Waals surface area contributed by atoms with Crippen LogP contribution >= 0.6 is 11.6 Å². The monoisotopic (exact) mass is 222 g/mol. The highest BCUT2D eigenvalue weighted by atomic mass is 35.5. The van der Waals surface area contributed by atoms with Crippen molar-refractivity contribution in [3.8, 4) is 12.3 Å². The van der Waals surface area contributed by atoms with E-state index in [1.807, 2.05) is 6.92 Å². The van der Waals surface area contributed by atoms with Crippen molar-refractivity contribution < 1.29 is 4.79 Å². The number of urea groups is 1. The molecular weight excluding hydrogens is 212 g/mol. The topological polar surface area (TPSA) is 41.1 Å². The van der Waals surface area contributed by atoms with Crippen molar-refractivity contribution in [1.82, 2.24) is 5.32 Å². The summed E-state index contributed by atoms with van der Waals surface area (Å²) in [6.07, 6.45) is 5.29. The van der Waals surface area contributed by atoms with Gasteiger partial charge in [-0.25, -0.2) is 4.79 Å². The Balaban J connectivity index is 2.86. The Bertz CT molecular complexity index is 410. The first-order chi connectivity index (χ1) is 7.17. The number of amides is 2. The third-order valence-corrected chi connectivity index (χ3v) is 1.96. The van der Waals surface area contributed by atoms with Crippen LogP contribution in [0, 0.1) is 12.3 Å². The zero-order chi connectivity index (χ0) is 11.3. The maximum Gasteiger partial charge on any atom is 0.319 e. The van der Waals surface area contributed by atoms with Crippen molar-refractivity contribution in [2.45, 2.75) is 6.92 Å². The summed E-state index contributed by atoms with van der Waals surface area (Å²) < 4.78 is 0. The van der Waals surface area contributed by atoms with Crippen molar-refractivity contribution in [2.75, 3.05) is 11.9 Å². The standard InChI is InChI=1S/C11H11ClN2O/c1-3-8-7-9(12)5-6-10(8)14-11(15)13-4-2/h1,5-7H,4H2,2H3,(H2,13,14,15). The van der Waals surface area contributed by atoms with Gasteiger partial charge in [0.05, 0.1) is 5.69 Å². The van der Waals surface area contributed by atoms with Gasteiger partial charge in [0.1, 0.15) is 0 Å². The zero-order valence-electron chi connectivity index (χ0n) is 8.30. The van der Waals surface area contributed by atoms with Crippen molar-refractivity contribution >= 4 is 23.3 Å². The fourth-order valence-corrected chi connectivity index (χ4v) is 1.24. The SMILES string of the molecule is C#Cc1cc(Cl)ccc1NC(=O)NCC. The average Bonchev–Trinajstić information content (AvgIpc) is 2.21. The minimum absolute atomic E-state index is 0.281. The van der Waals surface area contributed by atoms with E-state index in [4.69, 9.17) is 18.0 Å². The number of hydrogen-bond acceptors (Lipinski definition) is 1. The quantitative estimate of drug-likeness (QED) is 0.742. The number of anilines is 1. The van der Waals surface area contributed by atoms with E-state index in [0.29, 0.717) is 22.8 Å². The molecule has 0 heterocycles. The molecule has 0 spiro atoms.